The summed E-state index contributed by atoms with van der Waals surface area (Å²) in [6.45, 7) is 1.23. The molecule has 2 rings (SSSR count). The molecule has 0 spiro atoms. The topological polar surface area (TPSA) is 497 Å². The van der Waals surface area contributed by atoms with E-state index >= 15 is 4.39 Å². The van der Waals surface area contributed by atoms with Crippen molar-refractivity contribution < 1.29 is 52.6 Å². The van der Waals surface area contributed by atoms with Gasteiger partial charge in [0.15, 0.2) is 5.96 Å². The number of carbonyl (C=O) groups is 9. The number of nitrogens with zero attached hydrogens (tertiary/aromatic N) is 4. The van der Waals surface area contributed by atoms with Gasteiger partial charge in [-0.1, -0.05) is 6.08 Å². The number of halogens is 1. The van der Waals surface area contributed by atoms with Crippen LogP contribution < -0.4 is 77.4 Å². The zero-order valence-corrected chi connectivity index (χ0v) is 43.9. The van der Waals surface area contributed by atoms with Crippen LogP contribution in [0.2, 0.25) is 0 Å². The molecule has 23 N–H and O–H groups in total. The molecule has 1 fully saturated rings. The molecule has 0 saturated carbocycles. The van der Waals surface area contributed by atoms with Crippen molar-refractivity contribution in [1.82, 2.24) is 52.1 Å². The molecule has 1 aromatic heterocycles. The summed E-state index contributed by atoms with van der Waals surface area (Å²) in [5.74, 6) is -7.69. The molecule has 0 unspecified atom stereocenters. The Balaban J connectivity index is 2.43. The van der Waals surface area contributed by atoms with Crippen molar-refractivity contribution in [2.45, 2.75) is 139 Å². The van der Waals surface area contributed by atoms with Gasteiger partial charge in [0.1, 0.15) is 47.8 Å². The van der Waals surface area contributed by atoms with E-state index < -0.39 is 115 Å². The molecule has 9 amide bonds. The molecule has 77 heavy (non-hydrogen) atoms. The van der Waals surface area contributed by atoms with Crippen molar-refractivity contribution in [3.63, 3.8) is 0 Å². The molecule has 0 radical (unpaired) electrons. The Morgan fingerprint density at radius 2 is 1.47 bits per heavy atom. The summed E-state index contributed by atoms with van der Waals surface area (Å²) >= 11 is 0. The largest absolute Gasteiger partial charge is 0.391 e. The molecule has 30 heteroatoms. The number of hydrogen-bond acceptors (Lipinski definition) is 17. The van der Waals surface area contributed by atoms with E-state index in [1.54, 1.807) is 0 Å². The van der Waals surface area contributed by atoms with Crippen LogP contribution in [0.4, 0.5) is 4.39 Å². The molecular weight excluding hydrogens is 1010 g/mol. The summed E-state index contributed by atoms with van der Waals surface area (Å²) in [6.07, 6.45) is 3.38. The number of hydrogen-bond donors (Lipinski definition) is 16. The molecule has 1 aliphatic rings. The van der Waals surface area contributed by atoms with Gasteiger partial charge in [-0.05, 0) is 104 Å². The van der Waals surface area contributed by atoms with Crippen LogP contribution in [0.3, 0.4) is 0 Å². The lowest BCUT2D eigenvalue weighted by molar-refractivity contribution is -0.136. The Bertz CT molecular complexity index is 2160. The van der Waals surface area contributed by atoms with Gasteiger partial charge in [-0.2, -0.15) is 0 Å². The lowest BCUT2D eigenvalue weighted by Crippen LogP contribution is -2.57. The summed E-state index contributed by atoms with van der Waals surface area (Å²) in [5, 5.41) is 27.6. The van der Waals surface area contributed by atoms with Crippen LogP contribution in [0.5, 0.6) is 0 Å². The number of rotatable bonds is 37. The van der Waals surface area contributed by atoms with Gasteiger partial charge in [-0.15, -0.1) is 0 Å². The lowest BCUT2D eigenvalue weighted by atomic mass is 10.1. The highest BCUT2D eigenvalue weighted by Crippen LogP contribution is 2.22. The fourth-order valence-electron chi connectivity index (χ4n) is 7.62. The van der Waals surface area contributed by atoms with Crippen LogP contribution in [0, 0.1) is 0 Å². The van der Waals surface area contributed by atoms with Crippen LogP contribution >= 0.6 is 0 Å². The van der Waals surface area contributed by atoms with Crippen molar-refractivity contribution in [2.24, 2.45) is 50.1 Å². The predicted octanol–water partition coefficient (Wildman–Crippen LogP) is -5.84. The fraction of sp³-hybridized carbons (Fsp3) is 0.660. The molecule has 29 nitrogen and oxygen atoms in total. The number of aromatic nitrogens is 2. The molecule has 1 aliphatic heterocycles. The van der Waals surface area contributed by atoms with Crippen LogP contribution in [0.1, 0.15) is 96.1 Å². The first-order valence-electron chi connectivity index (χ1n) is 25.8. The van der Waals surface area contributed by atoms with Crippen molar-refractivity contribution in [2.75, 3.05) is 58.9 Å². The minimum atomic E-state index is -1.73. The number of nitrogens with two attached hydrogens (primary N) is 7. The fourth-order valence-corrected chi connectivity index (χ4v) is 7.62. The highest BCUT2D eigenvalue weighted by Gasteiger charge is 2.42. The van der Waals surface area contributed by atoms with E-state index in [4.69, 9.17) is 40.1 Å². The van der Waals surface area contributed by atoms with Gasteiger partial charge >= 0.3 is 0 Å². The molecule has 0 aromatic carbocycles. The maximum absolute atomic E-state index is 15.3. The maximum Gasteiger partial charge on any atom is 0.269 e. The number of alkyl halides is 1. The van der Waals surface area contributed by atoms with E-state index in [9.17, 15) is 48.3 Å². The number of imidazole rings is 1. The van der Waals surface area contributed by atoms with Gasteiger partial charge in [0.2, 0.25) is 35.4 Å². The zero-order chi connectivity index (χ0) is 57.3. The summed E-state index contributed by atoms with van der Waals surface area (Å²) in [5.41, 5.74) is 38.7. The van der Waals surface area contributed by atoms with Crippen molar-refractivity contribution in [3.05, 3.63) is 30.0 Å². The third-order valence-corrected chi connectivity index (χ3v) is 11.8. The number of likely N-dealkylation sites (tertiary alicyclic amines) is 1. The normalized spacial score (nSPS) is 16.4. The van der Waals surface area contributed by atoms with Gasteiger partial charge in [0.05, 0.1) is 31.9 Å². The van der Waals surface area contributed by atoms with Gasteiger partial charge in [0.25, 0.3) is 17.7 Å². The van der Waals surface area contributed by atoms with E-state index in [1.165, 1.54) is 25.5 Å². The number of amides is 9. The van der Waals surface area contributed by atoms with Crippen LogP contribution in [-0.4, -0.2) is 186 Å². The van der Waals surface area contributed by atoms with Crippen molar-refractivity contribution in [3.8, 4) is 0 Å². The van der Waals surface area contributed by atoms with Crippen molar-refractivity contribution in [1.29, 1.82) is 0 Å². The Morgan fingerprint density at radius 1 is 0.818 bits per heavy atom. The lowest BCUT2D eigenvalue weighted by Gasteiger charge is -2.27. The number of nitrogens with one attached hydrogen (secondary N) is 8. The highest BCUT2D eigenvalue weighted by molar-refractivity contribution is 6.40. The molecule has 2 heterocycles. The number of aliphatic hydroxyl groups excluding tert-OH is 1. The van der Waals surface area contributed by atoms with E-state index in [-0.39, 0.29) is 88.5 Å². The van der Waals surface area contributed by atoms with E-state index in [1.807, 2.05) is 0 Å². The Kier molecular flexibility index (Phi) is 31.7. The second kappa shape index (κ2) is 36.9. The number of guanidine groups is 1. The minimum absolute atomic E-state index is 0.00704. The third-order valence-electron chi connectivity index (χ3n) is 11.8. The molecule has 432 valence electrons. The van der Waals surface area contributed by atoms with E-state index in [0.717, 1.165) is 4.90 Å². The summed E-state index contributed by atoms with van der Waals surface area (Å²) in [7, 11) is 0. The molecule has 1 aromatic rings. The average molecular weight is 1090 g/mol. The first-order valence-corrected chi connectivity index (χ1v) is 25.8. The number of unbranched alkanes of at least 4 members (excludes halogenated alkanes) is 3. The molecule has 0 aliphatic carbocycles. The number of aromatic amines is 1. The number of aliphatic imine (C=N–C) groups is 2. The zero-order valence-electron chi connectivity index (χ0n) is 43.9. The van der Waals surface area contributed by atoms with Gasteiger partial charge in [0, 0.05) is 44.4 Å². The summed E-state index contributed by atoms with van der Waals surface area (Å²) in [6, 6.07) is -6.55. The Labute approximate surface area is 446 Å². The number of aliphatic hydroxyl groups is 1. The van der Waals surface area contributed by atoms with Gasteiger partial charge in [-0.25, -0.2) is 14.4 Å². The first kappa shape index (κ1) is 66.1. The molecular formula is C47H82FN19O10. The maximum atomic E-state index is 15.3. The molecule has 1 saturated heterocycles. The minimum Gasteiger partial charge on any atom is -0.391 e. The van der Waals surface area contributed by atoms with E-state index in [0.29, 0.717) is 63.9 Å². The van der Waals surface area contributed by atoms with Gasteiger partial charge in [-0.3, -0.25) is 48.1 Å². The SMILES string of the molecule is C[C@H](NC(=O)C[C@@H](O)CN)C(=O)NCC(=O)N=C(CCCN)C(=O)N1C[C@H](F)C[C@H]1C(=O)N[C@@H](Cc1cnc[nH]1)C(=O)N[C@@H](CCCCN)C(=O)N/C(=C\CCN=C(N)N)C(=O)N[C@@H](CCCCN)C(=O)NCCCCN. The average Bonchev–Trinajstić information content (AvgIpc) is 4.07. The second-order valence-electron chi connectivity index (χ2n) is 18.2. The monoisotopic (exact) mass is 1090 g/mol. The van der Waals surface area contributed by atoms with Crippen molar-refractivity contribution >= 4 is 64.8 Å². The molecule has 7 atom stereocenters. The highest BCUT2D eigenvalue weighted by atomic mass is 19.1. The van der Waals surface area contributed by atoms with Crippen LogP contribution in [-0.2, 0) is 49.6 Å². The Morgan fingerprint density at radius 3 is 2.08 bits per heavy atom. The first-order chi connectivity index (χ1) is 36.8. The third kappa shape index (κ3) is 25.6. The smallest absolute Gasteiger partial charge is 0.269 e. The van der Waals surface area contributed by atoms with E-state index in [2.05, 4.69) is 57.2 Å². The van der Waals surface area contributed by atoms with Gasteiger partial charge < -0.3 is 92.3 Å². The Hall–Kier alpha value is -6.99. The number of carbonyl (C=O) groups excluding carboxylic acids is 9. The molecule has 0 bridgehead atoms. The number of H-pyrrole nitrogens is 1. The standard InChI is InChI=1S/C47H82FN19O10/c1-28(61-38(69)22-31(68)23-53)40(71)59-25-39(70)62-35(12-8-17-52)46(77)67-26-29(48)20-37(67)45(76)66-36(21-30-24-56-27-60-30)44(75)65-33(11-3-5-15-50)42(73)64-34(13-9-19-58-47(54)55)43(74)63-32(10-2-4-14-49)41(72)57-18-7-6-16-51/h13,24,27-29,31-33,36-37,68H,2-12,14-23,25-26,49-53H2,1H3,(H,56,60)(H,57,72)(H,59,71)(H,61,69)(H,63,74)(H,64,73)(H,65,75)(H,66,76)(H4,54,55,58)/b34-13-,62-35?/t28-,29+,31+,32-,33-,36-,37-/m0/s1. The predicted molar refractivity (Wildman–Crippen MR) is 283 cm³/mol. The van der Waals surface area contributed by atoms with Crippen LogP contribution in [0.15, 0.2) is 34.3 Å². The summed E-state index contributed by atoms with van der Waals surface area (Å²) < 4.78 is 15.3. The van der Waals surface area contributed by atoms with Crippen LogP contribution in [0.25, 0.3) is 0 Å². The second-order valence-corrected chi connectivity index (χ2v) is 18.2. The quantitative estimate of drug-likeness (QED) is 0.0128. The summed E-state index contributed by atoms with van der Waals surface area (Å²) in [4.78, 5) is 137.